The molecule has 1 amide bonds. The molecule has 24 heavy (non-hydrogen) atoms. The second-order valence-electron chi connectivity index (χ2n) is 5.61. The van der Waals surface area contributed by atoms with E-state index < -0.39 is 5.91 Å². The van der Waals surface area contributed by atoms with Crippen LogP contribution in [0.5, 0.6) is 0 Å². The van der Waals surface area contributed by atoms with E-state index in [1.807, 2.05) is 36.4 Å². The molecule has 0 fully saturated rings. The summed E-state index contributed by atoms with van der Waals surface area (Å²) in [5.74, 6) is 0.482. The molecule has 3 aromatic rings. The summed E-state index contributed by atoms with van der Waals surface area (Å²) in [5.41, 5.74) is 5.82. The van der Waals surface area contributed by atoms with Gasteiger partial charge in [-0.05, 0) is 42.2 Å². The number of aromatic amines is 1. The van der Waals surface area contributed by atoms with E-state index in [1.54, 1.807) is 11.6 Å². The highest BCUT2D eigenvalue weighted by Crippen LogP contribution is 2.13. The molecule has 3 rings (SSSR count). The van der Waals surface area contributed by atoms with Gasteiger partial charge in [0.25, 0.3) is 5.91 Å². The summed E-state index contributed by atoms with van der Waals surface area (Å²) >= 11 is 0. The molecule has 2 aromatic carbocycles. The van der Waals surface area contributed by atoms with Crippen LogP contribution in [0.15, 0.2) is 54.6 Å². The molecular weight excluding hydrogens is 302 g/mol. The molecule has 3 N–H and O–H groups in total. The van der Waals surface area contributed by atoms with Crippen LogP contribution in [-0.2, 0) is 17.6 Å². The zero-order valence-electron chi connectivity index (χ0n) is 13.2. The molecular formula is C19H19N3O2. The minimum Gasteiger partial charge on any atom is -0.342 e. The van der Waals surface area contributed by atoms with Crippen LogP contribution in [-0.4, -0.2) is 21.1 Å². The minimum atomic E-state index is -0.537. The van der Waals surface area contributed by atoms with Gasteiger partial charge in [0.1, 0.15) is 5.82 Å². The Morgan fingerprint density at radius 3 is 2.67 bits per heavy atom. The number of benzene rings is 2. The first-order valence-corrected chi connectivity index (χ1v) is 7.89. The molecule has 0 aliphatic heterocycles. The number of H-pyrrole nitrogens is 1. The van der Waals surface area contributed by atoms with Crippen molar-refractivity contribution < 1.29 is 10.0 Å². The maximum atomic E-state index is 10.9. The molecule has 0 aliphatic rings. The van der Waals surface area contributed by atoms with Gasteiger partial charge < -0.3 is 4.98 Å². The highest BCUT2D eigenvalue weighted by Gasteiger charge is 2.02. The average molecular weight is 321 g/mol. The van der Waals surface area contributed by atoms with Crippen LogP contribution in [0.2, 0.25) is 0 Å². The van der Waals surface area contributed by atoms with Crippen molar-refractivity contribution in [3.63, 3.8) is 0 Å². The summed E-state index contributed by atoms with van der Waals surface area (Å²) < 4.78 is 0. The van der Waals surface area contributed by atoms with E-state index in [1.165, 1.54) is 11.6 Å². The number of fused-ring (bicyclic) bond motifs is 1. The maximum Gasteiger partial charge on any atom is 0.267 e. The Kier molecular flexibility index (Phi) is 5.03. The number of aryl methyl sites for hydroxylation is 2. The molecule has 0 bridgehead atoms. The number of imidazole rings is 1. The van der Waals surface area contributed by atoms with Crippen LogP contribution < -0.4 is 5.48 Å². The zero-order valence-corrected chi connectivity index (χ0v) is 13.2. The molecule has 5 nitrogen and oxygen atoms in total. The Morgan fingerprint density at radius 2 is 1.92 bits per heavy atom. The van der Waals surface area contributed by atoms with Crippen molar-refractivity contribution >= 4 is 23.0 Å². The van der Waals surface area contributed by atoms with Crippen molar-refractivity contribution in [3.8, 4) is 0 Å². The Morgan fingerprint density at radius 1 is 1.12 bits per heavy atom. The number of amides is 1. The molecule has 1 aromatic heterocycles. The van der Waals surface area contributed by atoms with Gasteiger partial charge in [0.05, 0.1) is 11.0 Å². The lowest BCUT2D eigenvalue weighted by Crippen LogP contribution is -2.14. The summed E-state index contributed by atoms with van der Waals surface area (Å²) in [6, 6.07) is 16.1. The van der Waals surface area contributed by atoms with Gasteiger partial charge in [-0.3, -0.25) is 10.0 Å². The third kappa shape index (κ3) is 4.08. The van der Waals surface area contributed by atoms with Crippen LogP contribution in [0.1, 0.15) is 23.4 Å². The third-order valence-electron chi connectivity index (χ3n) is 3.83. The van der Waals surface area contributed by atoms with Crippen LogP contribution in [0, 0.1) is 0 Å². The number of hydroxylamine groups is 1. The fourth-order valence-electron chi connectivity index (χ4n) is 2.59. The molecule has 0 atom stereocenters. The van der Waals surface area contributed by atoms with Crippen LogP contribution in [0.4, 0.5) is 0 Å². The maximum absolute atomic E-state index is 10.9. The van der Waals surface area contributed by atoms with Crippen molar-refractivity contribution in [1.82, 2.24) is 15.4 Å². The molecule has 122 valence electrons. The van der Waals surface area contributed by atoms with Crippen molar-refractivity contribution in [2.75, 3.05) is 0 Å². The quantitative estimate of drug-likeness (QED) is 0.370. The van der Waals surface area contributed by atoms with Gasteiger partial charge in [-0.1, -0.05) is 36.4 Å². The van der Waals surface area contributed by atoms with Crippen molar-refractivity contribution in [2.45, 2.75) is 19.3 Å². The van der Waals surface area contributed by atoms with Gasteiger partial charge in [-0.25, -0.2) is 10.5 Å². The Balaban J connectivity index is 1.53. The van der Waals surface area contributed by atoms with Crippen LogP contribution in [0.3, 0.4) is 0 Å². The van der Waals surface area contributed by atoms with Gasteiger partial charge in [0, 0.05) is 12.5 Å². The van der Waals surface area contributed by atoms with E-state index in [4.69, 9.17) is 5.21 Å². The van der Waals surface area contributed by atoms with E-state index in [-0.39, 0.29) is 0 Å². The lowest BCUT2D eigenvalue weighted by atomic mass is 10.1. The van der Waals surface area contributed by atoms with Crippen molar-refractivity contribution in [1.29, 1.82) is 0 Å². The third-order valence-corrected chi connectivity index (χ3v) is 3.83. The number of carbonyl (C=O) groups excluding carboxylic acids is 1. The lowest BCUT2D eigenvalue weighted by molar-refractivity contribution is -0.124. The number of nitrogens with one attached hydrogen (secondary N) is 2. The summed E-state index contributed by atoms with van der Waals surface area (Å²) in [5, 5.41) is 8.44. The van der Waals surface area contributed by atoms with Crippen molar-refractivity contribution in [2.24, 2.45) is 0 Å². The zero-order chi connectivity index (χ0) is 16.8. The normalized spacial score (nSPS) is 11.2. The van der Waals surface area contributed by atoms with Crippen LogP contribution in [0.25, 0.3) is 17.1 Å². The van der Waals surface area contributed by atoms with Gasteiger partial charge in [0.2, 0.25) is 0 Å². The molecule has 0 saturated heterocycles. The number of hydrogen-bond donors (Lipinski definition) is 3. The van der Waals surface area contributed by atoms with E-state index >= 15 is 0 Å². The molecule has 0 saturated carbocycles. The monoisotopic (exact) mass is 321 g/mol. The Labute approximate surface area is 140 Å². The predicted molar refractivity (Wildman–Crippen MR) is 93.5 cm³/mol. The summed E-state index contributed by atoms with van der Waals surface area (Å²) in [7, 11) is 0. The van der Waals surface area contributed by atoms with E-state index in [9.17, 15) is 4.79 Å². The first-order chi connectivity index (χ1) is 11.7. The molecule has 0 spiro atoms. The standard InChI is InChI=1S/C19H19N3O2/c23-19(22-24)13-12-15-10-8-14(9-11-15)4-3-7-18-20-16-5-1-2-6-17(16)21-18/h1-2,5-6,8-13,24H,3-4,7H2,(H,20,21)(H,22,23)/b13-12+. The average Bonchev–Trinajstić information content (AvgIpc) is 3.03. The number of carbonyl (C=O) groups is 1. The molecule has 0 radical (unpaired) electrons. The van der Waals surface area contributed by atoms with E-state index in [2.05, 4.69) is 22.1 Å². The predicted octanol–water partition coefficient (Wildman–Crippen LogP) is 3.26. The summed E-state index contributed by atoms with van der Waals surface area (Å²) in [6.45, 7) is 0. The van der Waals surface area contributed by atoms with Crippen molar-refractivity contribution in [3.05, 3.63) is 71.6 Å². The molecule has 5 heteroatoms. The topological polar surface area (TPSA) is 78.0 Å². The second kappa shape index (κ2) is 7.57. The number of rotatable bonds is 6. The Hall–Kier alpha value is -2.92. The lowest BCUT2D eigenvalue weighted by Gasteiger charge is -2.01. The van der Waals surface area contributed by atoms with Gasteiger partial charge in [-0.2, -0.15) is 0 Å². The SMILES string of the molecule is O=C(/C=C/c1ccc(CCCc2nc3ccccc3[nH]2)cc1)NO. The summed E-state index contributed by atoms with van der Waals surface area (Å²) in [4.78, 5) is 18.9. The molecule has 0 unspecified atom stereocenters. The number of nitrogens with zero attached hydrogens (tertiary/aromatic N) is 1. The molecule has 0 aliphatic carbocycles. The number of para-hydroxylation sites is 2. The Bertz CT molecular complexity index is 817. The first kappa shape index (κ1) is 16.0. The van der Waals surface area contributed by atoms with Gasteiger partial charge >= 0.3 is 0 Å². The number of aromatic nitrogens is 2. The van der Waals surface area contributed by atoms with E-state index in [0.717, 1.165) is 41.7 Å². The van der Waals surface area contributed by atoms with Crippen LogP contribution >= 0.6 is 0 Å². The van der Waals surface area contributed by atoms with E-state index in [0.29, 0.717) is 0 Å². The fourth-order valence-corrected chi connectivity index (χ4v) is 2.59. The first-order valence-electron chi connectivity index (χ1n) is 7.89. The molecule has 1 heterocycles. The largest absolute Gasteiger partial charge is 0.342 e. The minimum absolute atomic E-state index is 0.537. The fraction of sp³-hybridized carbons (Fsp3) is 0.158. The smallest absolute Gasteiger partial charge is 0.267 e. The highest BCUT2D eigenvalue weighted by atomic mass is 16.5. The highest BCUT2D eigenvalue weighted by molar-refractivity contribution is 5.90. The van der Waals surface area contributed by atoms with Gasteiger partial charge in [-0.15, -0.1) is 0 Å². The summed E-state index contributed by atoms with van der Waals surface area (Å²) in [6.07, 6.45) is 5.84. The van der Waals surface area contributed by atoms with Gasteiger partial charge in [0.15, 0.2) is 0 Å². The number of hydrogen-bond acceptors (Lipinski definition) is 3. The second-order valence-corrected chi connectivity index (χ2v) is 5.61.